The van der Waals surface area contributed by atoms with E-state index in [1.54, 1.807) is 4.68 Å². The number of hydrogen-bond acceptors (Lipinski definition) is 4. The molecule has 28 heavy (non-hydrogen) atoms. The lowest BCUT2D eigenvalue weighted by atomic mass is 9.62. The Kier molecular flexibility index (Phi) is 3.65. The van der Waals surface area contributed by atoms with E-state index in [1.807, 2.05) is 50.4 Å². The summed E-state index contributed by atoms with van der Waals surface area (Å²) in [6.45, 7) is 4.75. The van der Waals surface area contributed by atoms with E-state index in [2.05, 4.69) is 17.3 Å². The van der Waals surface area contributed by atoms with Crippen molar-refractivity contribution in [3.05, 3.63) is 47.7 Å². The zero-order chi connectivity index (χ0) is 19.5. The van der Waals surface area contributed by atoms with E-state index >= 15 is 0 Å². The maximum atomic E-state index is 13.4. The molecule has 2 aromatic heterocycles. The lowest BCUT2D eigenvalue weighted by Gasteiger charge is -2.58. The van der Waals surface area contributed by atoms with E-state index < -0.39 is 0 Å². The third-order valence-corrected chi connectivity index (χ3v) is 6.12. The molecule has 1 N–H and O–H groups in total. The molecule has 0 radical (unpaired) electrons. The van der Waals surface area contributed by atoms with Crippen LogP contribution >= 0.6 is 0 Å². The molecule has 2 bridgehead atoms. The van der Waals surface area contributed by atoms with Crippen LogP contribution in [-0.2, 0) is 11.8 Å². The first kappa shape index (κ1) is 17.4. The third kappa shape index (κ3) is 2.63. The molecule has 2 aliphatic heterocycles. The summed E-state index contributed by atoms with van der Waals surface area (Å²) in [7, 11) is 1.87. The van der Waals surface area contributed by atoms with Crippen LogP contribution in [0.15, 0.2) is 36.4 Å². The summed E-state index contributed by atoms with van der Waals surface area (Å²) in [5, 5.41) is 8.66. The van der Waals surface area contributed by atoms with Gasteiger partial charge in [0.2, 0.25) is 0 Å². The number of amides is 1. The second kappa shape index (κ2) is 5.88. The Morgan fingerprint density at radius 3 is 2.71 bits per heavy atom. The first-order chi connectivity index (χ1) is 13.4. The van der Waals surface area contributed by atoms with Crippen LogP contribution in [0.25, 0.3) is 22.3 Å². The number of nitrogens with one attached hydrogen (secondary N) is 1. The van der Waals surface area contributed by atoms with Gasteiger partial charge in [0.05, 0.1) is 27.9 Å². The molecular weight excluding hydrogens is 352 g/mol. The first-order valence-corrected chi connectivity index (χ1v) is 9.74. The lowest BCUT2D eigenvalue weighted by Crippen LogP contribution is -2.68. The number of carbonyl (C=O) groups excluding carboxylic acids is 1. The van der Waals surface area contributed by atoms with Gasteiger partial charge in [-0.1, -0.05) is 30.3 Å². The summed E-state index contributed by atoms with van der Waals surface area (Å²) < 4.78 is 7.59. The third-order valence-electron chi connectivity index (χ3n) is 6.12. The van der Waals surface area contributed by atoms with Crippen molar-refractivity contribution in [2.75, 3.05) is 6.61 Å². The minimum absolute atomic E-state index is 0.0513. The molecule has 1 aromatic carbocycles. The van der Waals surface area contributed by atoms with Crippen LogP contribution in [0.2, 0.25) is 0 Å². The molecule has 6 heteroatoms. The highest BCUT2D eigenvalue weighted by Gasteiger charge is 2.56. The van der Waals surface area contributed by atoms with Crippen LogP contribution in [0, 0.1) is 6.92 Å². The van der Waals surface area contributed by atoms with Gasteiger partial charge in [-0.25, -0.2) is 4.98 Å². The number of rotatable bonds is 3. The molecule has 3 fully saturated rings. The largest absolute Gasteiger partial charge is 0.375 e. The van der Waals surface area contributed by atoms with Crippen molar-refractivity contribution in [1.29, 1.82) is 0 Å². The number of carbonyl (C=O) groups is 1. The molecule has 1 amide bonds. The van der Waals surface area contributed by atoms with Crippen molar-refractivity contribution in [3.8, 4) is 11.3 Å². The summed E-state index contributed by atoms with van der Waals surface area (Å²) in [5.74, 6) is -0.0513. The van der Waals surface area contributed by atoms with Gasteiger partial charge in [-0.3, -0.25) is 9.48 Å². The normalized spacial score (nSPS) is 26.1. The molecule has 144 valence electrons. The molecule has 3 aromatic rings. The van der Waals surface area contributed by atoms with Crippen LogP contribution < -0.4 is 5.32 Å². The van der Waals surface area contributed by atoms with Gasteiger partial charge in [-0.05, 0) is 39.2 Å². The maximum absolute atomic E-state index is 13.4. The highest BCUT2D eigenvalue weighted by Crippen LogP contribution is 2.50. The number of ether oxygens (including phenoxy) is 1. The van der Waals surface area contributed by atoms with E-state index in [1.165, 1.54) is 0 Å². The summed E-state index contributed by atoms with van der Waals surface area (Å²) in [5.41, 5.74) is 3.72. The van der Waals surface area contributed by atoms with Crippen LogP contribution in [0.4, 0.5) is 0 Å². The molecule has 2 saturated heterocycles. The maximum Gasteiger partial charge on any atom is 0.252 e. The number of nitrogens with zero attached hydrogens (tertiary/aromatic N) is 3. The fraction of sp³-hybridized carbons (Fsp3) is 0.409. The van der Waals surface area contributed by atoms with Crippen molar-refractivity contribution in [3.63, 3.8) is 0 Å². The standard InChI is InChI=1S/C22H24N4O2/c1-14-18-16(20(27)24-22-9-10-28-21(2,12-22)13-22)11-17(15-7-5-4-6-8-15)23-19(18)26(3)25-14/h4-8,11H,9-10,12-13H2,1-3H3,(H,24,27). The Morgan fingerprint density at radius 2 is 2.00 bits per heavy atom. The summed E-state index contributed by atoms with van der Waals surface area (Å²) in [6.07, 6.45) is 2.61. The molecular formula is C22H24N4O2. The van der Waals surface area contributed by atoms with E-state index in [-0.39, 0.29) is 17.0 Å². The van der Waals surface area contributed by atoms with E-state index in [9.17, 15) is 4.79 Å². The van der Waals surface area contributed by atoms with Crippen LogP contribution in [0.1, 0.15) is 42.2 Å². The van der Waals surface area contributed by atoms with Gasteiger partial charge in [-0.15, -0.1) is 0 Å². The van der Waals surface area contributed by atoms with Crippen molar-refractivity contribution in [2.24, 2.45) is 7.05 Å². The van der Waals surface area contributed by atoms with Gasteiger partial charge >= 0.3 is 0 Å². The SMILES string of the molecule is Cc1nn(C)c2nc(-c3ccccc3)cc(C(=O)NC34CCOC(C)(C3)C4)c12. The van der Waals surface area contributed by atoms with Gasteiger partial charge in [0.15, 0.2) is 5.65 Å². The molecule has 6 rings (SSSR count). The van der Waals surface area contributed by atoms with E-state index in [0.29, 0.717) is 12.2 Å². The molecule has 6 nitrogen and oxygen atoms in total. The zero-order valence-electron chi connectivity index (χ0n) is 16.5. The Morgan fingerprint density at radius 1 is 1.25 bits per heavy atom. The fourth-order valence-electron chi connectivity index (χ4n) is 4.99. The number of benzene rings is 1. The molecule has 4 heterocycles. The van der Waals surface area contributed by atoms with Gasteiger partial charge in [0.25, 0.3) is 5.91 Å². The number of fused-ring (bicyclic) bond motifs is 3. The topological polar surface area (TPSA) is 69.0 Å². The quantitative estimate of drug-likeness (QED) is 0.761. The second-order valence-corrected chi connectivity index (χ2v) is 8.47. The fourth-order valence-corrected chi connectivity index (χ4v) is 4.99. The van der Waals surface area contributed by atoms with Crippen LogP contribution in [0.3, 0.4) is 0 Å². The molecule has 0 unspecified atom stereocenters. The number of pyridine rings is 1. The summed E-state index contributed by atoms with van der Waals surface area (Å²) in [4.78, 5) is 18.2. The molecule has 0 spiro atoms. The smallest absolute Gasteiger partial charge is 0.252 e. The highest BCUT2D eigenvalue weighted by atomic mass is 16.5. The summed E-state index contributed by atoms with van der Waals surface area (Å²) >= 11 is 0. The predicted octanol–water partition coefficient (Wildman–Crippen LogP) is 3.39. The van der Waals surface area contributed by atoms with Gasteiger partial charge in [0.1, 0.15) is 0 Å². The first-order valence-electron chi connectivity index (χ1n) is 9.74. The average molecular weight is 376 g/mol. The zero-order valence-corrected chi connectivity index (χ0v) is 16.5. The van der Waals surface area contributed by atoms with E-state index in [0.717, 1.165) is 47.2 Å². The Balaban J connectivity index is 1.59. The molecule has 1 saturated carbocycles. The lowest BCUT2D eigenvalue weighted by molar-refractivity contribution is -0.183. The predicted molar refractivity (Wildman–Crippen MR) is 107 cm³/mol. The number of aryl methyl sites for hydroxylation is 2. The Labute approximate surface area is 163 Å². The Bertz CT molecular complexity index is 1080. The van der Waals surface area contributed by atoms with E-state index in [4.69, 9.17) is 9.72 Å². The van der Waals surface area contributed by atoms with Crippen molar-refractivity contribution in [1.82, 2.24) is 20.1 Å². The Hall–Kier alpha value is -2.73. The van der Waals surface area contributed by atoms with Crippen molar-refractivity contribution in [2.45, 2.75) is 44.2 Å². The highest BCUT2D eigenvalue weighted by molar-refractivity contribution is 6.07. The second-order valence-electron chi connectivity index (χ2n) is 8.47. The summed E-state index contributed by atoms with van der Waals surface area (Å²) in [6, 6.07) is 11.8. The molecule has 3 aliphatic rings. The minimum Gasteiger partial charge on any atom is -0.375 e. The number of aromatic nitrogens is 3. The van der Waals surface area contributed by atoms with Crippen LogP contribution in [0.5, 0.6) is 0 Å². The average Bonchev–Trinajstić information content (AvgIpc) is 2.95. The van der Waals surface area contributed by atoms with Crippen LogP contribution in [-0.4, -0.2) is 38.4 Å². The molecule has 0 atom stereocenters. The van der Waals surface area contributed by atoms with Gasteiger partial charge in [-0.2, -0.15) is 5.10 Å². The molecule has 1 aliphatic carbocycles. The van der Waals surface area contributed by atoms with Crippen molar-refractivity contribution >= 4 is 16.9 Å². The van der Waals surface area contributed by atoms with Crippen molar-refractivity contribution < 1.29 is 9.53 Å². The van der Waals surface area contributed by atoms with Gasteiger partial charge in [0, 0.05) is 24.8 Å². The number of hydrogen-bond donors (Lipinski definition) is 1. The monoisotopic (exact) mass is 376 g/mol. The minimum atomic E-state index is -0.150. The van der Waals surface area contributed by atoms with Gasteiger partial charge < -0.3 is 10.1 Å².